The van der Waals surface area contributed by atoms with Crippen LogP contribution in [0.3, 0.4) is 0 Å². The normalized spacial score (nSPS) is 15.7. The molecule has 1 heterocycles. The Hall–Kier alpha value is -3.24. The minimum absolute atomic E-state index is 0.0483. The molecule has 32 heavy (non-hydrogen) atoms. The molecule has 0 saturated heterocycles. The summed E-state index contributed by atoms with van der Waals surface area (Å²) in [6.45, 7) is 4.91. The fraction of sp³-hybridized carbons (Fsp3) is 0.318. The molecule has 0 bridgehead atoms. The van der Waals surface area contributed by atoms with Crippen LogP contribution in [0.25, 0.3) is 0 Å². The number of benzene rings is 2. The van der Waals surface area contributed by atoms with E-state index in [-0.39, 0.29) is 16.8 Å². The molecule has 9 nitrogen and oxygen atoms in total. The SMILES string of the molecule is CCOc1cc(C(C(C)S(=O)O)N2C(=O)c3cccc(NC(C)=O)c3C2=O)ccc1OC. The van der Waals surface area contributed by atoms with E-state index in [0.29, 0.717) is 23.7 Å². The van der Waals surface area contributed by atoms with Crippen molar-refractivity contribution in [3.05, 3.63) is 53.1 Å². The Balaban J connectivity index is 2.15. The molecule has 3 amide bonds. The molecule has 0 aromatic heterocycles. The number of carbonyl (C=O) groups is 3. The van der Waals surface area contributed by atoms with E-state index >= 15 is 0 Å². The average molecular weight is 461 g/mol. The lowest BCUT2D eigenvalue weighted by Crippen LogP contribution is -2.41. The summed E-state index contributed by atoms with van der Waals surface area (Å²) >= 11 is -2.35. The molecule has 2 aromatic rings. The number of methoxy groups -OCH3 is 1. The lowest BCUT2D eigenvalue weighted by Gasteiger charge is -2.30. The van der Waals surface area contributed by atoms with E-state index in [1.54, 1.807) is 31.2 Å². The molecule has 1 aliphatic rings. The number of amides is 3. The van der Waals surface area contributed by atoms with Gasteiger partial charge in [-0.1, -0.05) is 12.1 Å². The Bertz CT molecular complexity index is 1100. The number of ether oxygens (including phenoxy) is 2. The van der Waals surface area contributed by atoms with Gasteiger partial charge in [-0.25, -0.2) is 4.21 Å². The van der Waals surface area contributed by atoms with Gasteiger partial charge in [-0.05, 0) is 43.7 Å². The molecule has 0 radical (unpaired) electrons. The van der Waals surface area contributed by atoms with E-state index in [9.17, 15) is 23.1 Å². The molecule has 0 spiro atoms. The molecule has 2 N–H and O–H groups in total. The standard InChI is InChI=1S/C22H24N2O7S/c1-5-31-18-11-14(9-10-17(18)30-4)20(12(2)32(28)29)24-21(26)15-7-6-8-16(23-13(3)25)19(15)22(24)27/h6-12,20H,5H2,1-4H3,(H,23,25)(H,28,29). The van der Waals surface area contributed by atoms with Gasteiger partial charge >= 0.3 is 0 Å². The molecular formula is C22H24N2O7S. The van der Waals surface area contributed by atoms with Crippen molar-refractivity contribution in [2.45, 2.75) is 32.1 Å². The van der Waals surface area contributed by atoms with Crippen LogP contribution < -0.4 is 14.8 Å². The maximum absolute atomic E-state index is 13.4. The average Bonchev–Trinajstić information content (AvgIpc) is 3.00. The van der Waals surface area contributed by atoms with E-state index in [2.05, 4.69) is 5.32 Å². The molecule has 0 aliphatic carbocycles. The lowest BCUT2D eigenvalue weighted by molar-refractivity contribution is -0.114. The summed E-state index contributed by atoms with van der Waals surface area (Å²) in [5.74, 6) is -0.847. The van der Waals surface area contributed by atoms with Crippen molar-refractivity contribution in [3.63, 3.8) is 0 Å². The van der Waals surface area contributed by atoms with Gasteiger partial charge in [-0.3, -0.25) is 19.3 Å². The van der Waals surface area contributed by atoms with Gasteiger partial charge in [0.2, 0.25) is 5.91 Å². The molecule has 3 atom stereocenters. The number of anilines is 1. The molecule has 10 heteroatoms. The Morgan fingerprint density at radius 2 is 1.91 bits per heavy atom. The molecule has 0 fully saturated rings. The largest absolute Gasteiger partial charge is 0.493 e. The predicted molar refractivity (Wildman–Crippen MR) is 118 cm³/mol. The third-order valence-electron chi connectivity index (χ3n) is 5.13. The second-order valence-corrected chi connectivity index (χ2v) is 8.45. The predicted octanol–water partition coefficient (Wildman–Crippen LogP) is 3.00. The van der Waals surface area contributed by atoms with Crippen LogP contribution in [0.4, 0.5) is 5.69 Å². The summed E-state index contributed by atoms with van der Waals surface area (Å²) in [7, 11) is 1.48. The number of rotatable bonds is 8. The van der Waals surface area contributed by atoms with Gasteiger partial charge in [-0.15, -0.1) is 0 Å². The van der Waals surface area contributed by atoms with Crippen LogP contribution >= 0.6 is 0 Å². The van der Waals surface area contributed by atoms with Crippen LogP contribution in [0.5, 0.6) is 11.5 Å². The van der Waals surface area contributed by atoms with Gasteiger partial charge in [0, 0.05) is 6.92 Å². The van der Waals surface area contributed by atoms with Crippen molar-refractivity contribution in [3.8, 4) is 11.5 Å². The Morgan fingerprint density at radius 1 is 1.19 bits per heavy atom. The molecule has 3 rings (SSSR count). The summed E-state index contributed by atoms with van der Waals surface area (Å²) in [5.41, 5.74) is 0.796. The van der Waals surface area contributed by atoms with Crippen LogP contribution in [0.2, 0.25) is 0 Å². The van der Waals surface area contributed by atoms with Gasteiger partial charge < -0.3 is 19.3 Å². The summed E-state index contributed by atoms with van der Waals surface area (Å²) in [4.78, 5) is 39.2. The zero-order valence-electron chi connectivity index (χ0n) is 18.1. The molecule has 2 aromatic carbocycles. The van der Waals surface area contributed by atoms with Gasteiger partial charge in [0.25, 0.3) is 11.8 Å². The minimum Gasteiger partial charge on any atom is -0.493 e. The molecule has 3 unspecified atom stereocenters. The van der Waals surface area contributed by atoms with E-state index in [1.165, 1.54) is 33.1 Å². The van der Waals surface area contributed by atoms with E-state index in [4.69, 9.17) is 9.47 Å². The maximum atomic E-state index is 13.4. The number of imide groups is 1. The fourth-order valence-electron chi connectivity index (χ4n) is 3.74. The van der Waals surface area contributed by atoms with E-state index in [0.717, 1.165) is 4.90 Å². The molecule has 170 valence electrons. The second kappa shape index (κ2) is 9.49. The Labute approximate surface area is 188 Å². The van der Waals surface area contributed by atoms with Gasteiger partial charge in [-0.2, -0.15) is 0 Å². The number of nitrogens with one attached hydrogen (secondary N) is 1. The number of fused-ring (bicyclic) bond motifs is 1. The van der Waals surface area contributed by atoms with Gasteiger partial charge in [0.05, 0.1) is 41.8 Å². The van der Waals surface area contributed by atoms with Crippen LogP contribution in [0.1, 0.15) is 53.1 Å². The monoisotopic (exact) mass is 460 g/mol. The Kier molecular flexibility index (Phi) is 6.95. The summed E-state index contributed by atoms with van der Waals surface area (Å²) in [5, 5.41) is 1.55. The smallest absolute Gasteiger partial charge is 0.264 e. The fourth-order valence-corrected chi connectivity index (χ4v) is 4.24. The zero-order chi connectivity index (χ0) is 23.6. The maximum Gasteiger partial charge on any atom is 0.264 e. The van der Waals surface area contributed by atoms with Crippen LogP contribution in [-0.4, -0.2) is 50.3 Å². The van der Waals surface area contributed by atoms with Crippen molar-refractivity contribution >= 4 is 34.5 Å². The van der Waals surface area contributed by atoms with Crippen molar-refractivity contribution in [1.82, 2.24) is 4.90 Å². The molecular weight excluding hydrogens is 436 g/mol. The zero-order valence-corrected chi connectivity index (χ0v) is 18.9. The van der Waals surface area contributed by atoms with Crippen LogP contribution in [-0.2, 0) is 15.9 Å². The number of nitrogens with zero attached hydrogens (tertiary/aromatic N) is 1. The van der Waals surface area contributed by atoms with Crippen molar-refractivity contribution in [2.24, 2.45) is 0 Å². The van der Waals surface area contributed by atoms with Crippen molar-refractivity contribution in [2.75, 3.05) is 19.0 Å². The highest BCUT2D eigenvalue weighted by Crippen LogP contribution is 2.40. The molecule has 1 aliphatic heterocycles. The van der Waals surface area contributed by atoms with E-state index in [1.807, 2.05) is 0 Å². The van der Waals surface area contributed by atoms with Gasteiger partial charge in [0.15, 0.2) is 22.6 Å². The minimum atomic E-state index is -2.35. The third kappa shape index (κ3) is 4.23. The summed E-state index contributed by atoms with van der Waals surface area (Å²) < 4.78 is 32.8. The summed E-state index contributed by atoms with van der Waals surface area (Å²) in [6.07, 6.45) is 0. The Morgan fingerprint density at radius 3 is 2.50 bits per heavy atom. The van der Waals surface area contributed by atoms with Crippen LogP contribution in [0, 0.1) is 0 Å². The lowest BCUT2D eigenvalue weighted by atomic mass is 10.0. The summed E-state index contributed by atoms with van der Waals surface area (Å²) in [6, 6.07) is 8.32. The highest BCUT2D eigenvalue weighted by molar-refractivity contribution is 7.79. The first kappa shape index (κ1) is 23.4. The van der Waals surface area contributed by atoms with Gasteiger partial charge in [0.1, 0.15) is 0 Å². The highest BCUT2D eigenvalue weighted by atomic mass is 32.2. The molecule has 0 saturated carbocycles. The third-order valence-corrected chi connectivity index (χ3v) is 6.02. The number of hydrogen-bond acceptors (Lipinski definition) is 6. The quantitative estimate of drug-likeness (QED) is 0.459. The first-order valence-corrected chi connectivity index (χ1v) is 11.1. The number of hydrogen-bond donors (Lipinski definition) is 2. The van der Waals surface area contributed by atoms with E-state index < -0.39 is 40.1 Å². The second-order valence-electron chi connectivity index (χ2n) is 7.16. The highest BCUT2D eigenvalue weighted by Gasteiger charge is 2.45. The first-order chi connectivity index (χ1) is 15.2. The number of carbonyl (C=O) groups excluding carboxylic acids is 3. The van der Waals surface area contributed by atoms with Crippen molar-refractivity contribution < 1.29 is 32.6 Å². The first-order valence-electron chi connectivity index (χ1n) is 9.90. The van der Waals surface area contributed by atoms with Crippen LogP contribution in [0.15, 0.2) is 36.4 Å². The topological polar surface area (TPSA) is 122 Å². The van der Waals surface area contributed by atoms with Crippen molar-refractivity contribution in [1.29, 1.82) is 0 Å².